The molecule has 2 rings (SSSR count). The van der Waals surface area contributed by atoms with Crippen LogP contribution in [0.25, 0.3) is 10.8 Å². The average molecular weight is 286 g/mol. The highest BCUT2D eigenvalue weighted by molar-refractivity contribution is 5.90. The van der Waals surface area contributed by atoms with Crippen LogP contribution in [0.2, 0.25) is 0 Å². The summed E-state index contributed by atoms with van der Waals surface area (Å²) in [7, 11) is 3.39. The highest BCUT2D eigenvalue weighted by atomic mass is 16.5. The zero-order valence-corrected chi connectivity index (χ0v) is 12.6. The Hall–Kier alpha value is -1.91. The molecule has 0 radical (unpaired) electrons. The fraction of sp³-hybridized carbons (Fsp3) is 0.353. The molecule has 0 bridgehead atoms. The van der Waals surface area contributed by atoms with Crippen molar-refractivity contribution in [2.24, 2.45) is 5.73 Å². The maximum atomic E-state index is 12.3. The Kier molecular flexibility index (Phi) is 5.31. The SMILES string of the molecule is COCC(N)CN(C)C(=O)Cc1cccc2ccccc12. The normalized spacial score (nSPS) is 12.3. The third-order valence-electron chi connectivity index (χ3n) is 3.54. The quantitative estimate of drug-likeness (QED) is 0.881. The molecule has 0 spiro atoms. The molecule has 0 aliphatic rings. The van der Waals surface area contributed by atoms with Gasteiger partial charge in [-0.1, -0.05) is 42.5 Å². The van der Waals surface area contributed by atoms with Gasteiger partial charge in [-0.2, -0.15) is 0 Å². The first kappa shape index (κ1) is 15.5. The maximum Gasteiger partial charge on any atom is 0.226 e. The molecule has 0 aliphatic heterocycles. The molecular formula is C17H22N2O2. The van der Waals surface area contributed by atoms with Crippen molar-refractivity contribution in [3.8, 4) is 0 Å². The minimum atomic E-state index is -0.156. The monoisotopic (exact) mass is 286 g/mol. The predicted octanol–water partition coefficient (Wildman–Crippen LogP) is 1.81. The number of fused-ring (bicyclic) bond motifs is 1. The third kappa shape index (κ3) is 4.03. The first-order valence-electron chi connectivity index (χ1n) is 7.07. The van der Waals surface area contributed by atoms with Crippen LogP contribution in [0.1, 0.15) is 5.56 Å². The molecule has 112 valence electrons. The number of ether oxygens (including phenoxy) is 1. The number of methoxy groups -OCH3 is 1. The van der Waals surface area contributed by atoms with E-state index in [1.165, 1.54) is 0 Å². The number of rotatable bonds is 6. The lowest BCUT2D eigenvalue weighted by atomic mass is 10.0. The Bertz CT molecular complexity index is 607. The van der Waals surface area contributed by atoms with Gasteiger partial charge >= 0.3 is 0 Å². The molecule has 1 amide bonds. The minimum Gasteiger partial charge on any atom is -0.383 e. The topological polar surface area (TPSA) is 55.6 Å². The molecule has 0 saturated carbocycles. The van der Waals surface area contributed by atoms with Gasteiger partial charge in [-0.25, -0.2) is 0 Å². The fourth-order valence-corrected chi connectivity index (χ4v) is 2.46. The number of likely N-dealkylation sites (N-methyl/N-ethyl adjacent to an activating group) is 1. The lowest BCUT2D eigenvalue weighted by Crippen LogP contribution is -2.41. The summed E-state index contributed by atoms with van der Waals surface area (Å²) in [6.07, 6.45) is 0.386. The number of amides is 1. The average Bonchev–Trinajstić information content (AvgIpc) is 2.47. The number of nitrogens with zero attached hydrogens (tertiary/aromatic N) is 1. The molecule has 0 fully saturated rings. The van der Waals surface area contributed by atoms with Gasteiger partial charge in [0.15, 0.2) is 0 Å². The molecule has 1 unspecified atom stereocenters. The maximum absolute atomic E-state index is 12.3. The van der Waals surface area contributed by atoms with Crippen LogP contribution in [0.4, 0.5) is 0 Å². The first-order valence-corrected chi connectivity index (χ1v) is 7.07. The molecule has 0 aliphatic carbocycles. The lowest BCUT2D eigenvalue weighted by Gasteiger charge is -2.21. The van der Waals surface area contributed by atoms with E-state index in [1.54, 1.807) is 19.1 Å². The molecule has 0 heterocycles. The second-order valence-corrected chi connectivity index (χ2v) is 5.30. The summed E-state index contributed by atoms with van der Waals surface area (Å²) in [5, 5.41) is 2.28. The Labute approximate surface area is 125 Å². The number of hydrogen-bond donors (Lipinski definition) is 1. The van der Waals surface area contributed by atoms with Crippen LogP contribution in [0, 0.1) is 0 Å². The zero-order chi connectivity index (χ0) is 15.2. The second-order valence-electron chi connectivity index (χ2n) is 5.30. The van der Waals surface area contributed by atoms with Crippen molar-refractivity contribution in [2.75, 3.05) is 27.3 Å². The molecule has 0 saturated heterocycles. The van der Waals surface area contributed by atoms with Gasteiger partial charge < -0.3 is 15.4 Å². The van der Waals surface area contributed by atoms with Crippen molar-refractivity contribution in [1.29, 1.82) is 0 Å². The van der Waals surface area contributed by atoms with E-state index >= 15 is 0 Å². The second kappa shape index (κ2) is 7.20. The molecule has 0 aromatic heterocycles. The van der Waals surface area contributed by atoms with E-state index in [0.29, 0.717) is 19.6 Å². The van der Waals surface area contributed by atoms with Crippen molar-refractivity contribution in [3.63, 3.8) is 0 Å². The van der Waals surface area contributed by atoms with Crippen LogP contribution in [-0.4, -0.2) is 44.2 Å². The number of carbonyl (C=O) groups is 1. The summed E-state index contributed by atoms with van der Waals surface area (Å²) in [6.45, 7) is 0.948. The number of benzene rings is 2. The number of nitrogens with two attached hydrogens (primary N) is 1. The van der Waals surface area contributed by atoms with Crippen molar-refractivity contribution >= 4 is 16.7 Å². The Morgan fingerprint density at radius 1 is 1.24 bits per heavy atom. The summed E-state index contributed by atoms with van der Waals surface area (Å²) in [6, 6.07) is 14.0. The van der Waals surface area contributed by atoms with Crippen LogP contribution < -0.4 is 5.73 Å². The molecule has 2 aromatic carbocycles. The van der Waals surface area contributed by atoms with Gasteiger partial charge in [-0.15, -0.1) is 0 Å². The summed E-state index contributed by atoms with van der Waals surface area (Å²) in [5.74, 6) is 0.0675. The van der Waals surface area contributed by atoms with Gasteiger partial charge in [-0.05, 0) is 16.3 Å². The van der Waals surface area contributed by atoms with Gasteiger partial charge in [0.05, 0.1) is 13.0 Å². The van der Waals surface area contributed by atoms with Crippen LogP contribution in [0.5, 0.6) is 0 Å². The van der Waals surface area contributed by atoms with Crippen molar-refractivity contribution < 1.29 is 9.53 Å². The van der Waals surface area contributed by atoms with E-state index < -0.39 is 0 Å². The molecule has 21 heavy (non-hydrogen) atoms. The number of carbonyl (C=O) groups excluding carboxylic acids is 1. The van der Waals surface area contributed by atoms with Crippen molar-refractivity contribution in [1.82, 2.24) is 4.90 Å². The van der Waals surface area contributed by atoms with E-state index in [2.05, 4.69) is 18.2 Å². The summed E-state index contributed by atoms with van der Waals surface area (Å²) < 4.78 is 5.00. The molecular weight excluding hydrogens is 264 g/mol. The Morgan fingerprint density at radius 3 is 2.71 bits per heavy atom. The minimum absolute atomic E-state index is 0.0675. The van der Waals surface area contributed by atoms with E-state index in [0.717, 1.165) is 16.3 Å². The van der Waals surface area contributed by atoms with E-state index in [4.69, 9.17) is 10.5 Å². The summed E-state index contributed by atoms with van der Waals surface area (Å²) in [5.41, 5.74) is 6.93. The summed E-state index contributed by atoms with van der Waals surface area (Å²) in [4.78, 5) is 14.0. The van der Waals surface area contributed by atoms with Gasteiger partial charge in [0.25, 0.3) is 0 Å². The standard InChI is InChI=1S/C17H22N2O2/c1-19(11-15(18)12-21-2)17(20)10-14-8-5-7-13-6-3-4-9-16(13)14/h3-9,15H,10-12,18H2,1-2H3. The van der Waals surface area contributed by atoms with Crippen molar-refractivity contribution in [2.45, 2.75) is 12.5 Å². The van der Waals surface area contributed by atoms with Crippen LogP contribution in [0.15, 0.2) is 42.5 Å². The molecule has 2 aromatic rings. The Balaban J connectivity index is 2.07. The largest absolute Gasteiger partial charge is 0.383 e. The van der Waals surface area contributed by atoms with Gasteiger partial charge in [0.1, 0.15) is 0 Å². The van der Waals surface area contributed by atoms with E-state index in [-0.39, 0.29) is 11.9 Å². The smallest absolute Gasteiger partial charge is 0.226 e. The van der Waals surface area contributed by atoms with Crippen LogP contribution in [0.3, 0.4) is 0 Å². The van der Waals surface area contributed by atoms with Gasteiger partial charge in [-0.3, -0.25) is 4.79 Å². The third-order valence-corrected chi connectivity index (χ3v) is 3.54. The van der Waals surface area contributed by atoms with Gasteiger partial charge in [0.2, 0.25) is 5.91 Å². The van der Waals surface area contributed by atoms with Crippen molar-refractivity contribution in [3.05, 3.63) is 48.0 Å². The van der Waals surface area contributed by atoms with Gasteiger partial charge in [0, 0.05) is 26.7 Å². The van der Waals surface area contributed by atoms with E-state index in [1.807, 2.05) is 24.3 Å². The zero-order valence-electron chi connectivity index (χ0n) is 12.6. The van der Waals surface area contributed by atoms with Crippen LogP contribution >= 0.6 is 0 Å². The molecule has 1 atom stereocenters. The number of hydrogen-bond acceptors (Lipinski definition) is 3. The molecule has 4 heteroatoms. The van der Waals surface area contributed by atoms with Crippen LogP contribution in [-0.2, 0) is 16.0 Å². The lowest BCUT2D eigenvalue weighted by molar-refractivity contribution is -0.129. The van der Waals surface area contributed by atoms with E-state index in [9.17, 15) is 4.79 Å². The highest BCUT2D eigenvalue weighted by Gasteiger charge is 2.14. The molecule has 4 nitrogen and oxygen atoms in total. The first-order chi connectivity index (χ1) is 10.1. The molecule has 2 N–H and O–H groups in total. The summed E-state index contributed by atoms with van der Waals surface area (Å²) >= 11 is 0. The Morgan fingerprint density at radius 2 is 1.95 bits per heavy atom. The highest BCUT2D eigenvalue weighted by Crippen LogP contribution is 2.19. The fourth-order valence-electron chi connectivity index (χ4n) is 2.46. The predicted molar refractivity (Wildman–Crippen MR) is 85.1 cm³/mol.